The van der Waals surface area contributed by atoms with E-state index in [1.54, 1.807) is 0 Å². The molecule has 0 saturated carbocycles. The summed E-state index contributed by atoms with van der Waals surface area (Å²) in [4.78, 5) is 7.26. The number of aromatic nitrogens is 1. The molecule has 6 rings (SSSR count). The van der Waals surface area contributed by atoms with Crippen LogP contribution in [0.2, 0.25) is 0 Å². The Morgan fingerprint density at radius 2 is 1.18 bits per heavy atom. The quantitative estimate of drug-likeness (QED) is 0.189. The third-order valence-corrected chi connectivity index (χ3v) is 9.27. The van der Waals surface area contributed by atoms with E-state index in [2.05, 4.69) is 174 Å². The summed E-state index contributed by atoms with van der Waals surface area (Å²) < 4.78 is 7.91. The van der Waals surface area contributed by atoms with Gasteiger partial charge < -0.3 is 4.74 Å². The lowest BCUT2D eigenvalue weighted by Crippen LogP contribution is -2.18. The number of para-hydroxylation sites is 1. The van der Waals surface area contributed by atoms with Gasteiger partial charge in [-0.05, 0) is 81.0 Å². The van der Waals surface area contributed by atoms with Crippen molar-refractivity contribution in [2.75, 3.05) is 4.90 Å². The van der Waals surface area contributed by atoms with E-state index in [0.29, 0.717) is 0 Å². The van der Waals surface area contributed by atoms with Crippen molar-refractivity contribution in [3.8, 4) is 33.8 Å². The van der Waals surface area contributed by atoms with Gasteiger partial charge in [0, 0.05) is 33.4 Å². The molecule has 0 atom stereocenters. The summed E-state index contributed by atoms with van der Waals surface area (Å²) in [5, 5.41) is 0. The molecule has 5 aromatic rings. The highest BCUT2D eigenvalue weighted by atomic mass is 79.9. The summed E-state index contributed by atoms with van der Waals surface area (Å²) >= 11 is 3.87. The van der Waals surface area contributed by atoms with Crippen LogP contribution < -0.4 is 9.64 Å². The number of benzene rings is 4. The van der Waals surface area contributed by atoms with Gasteiger partial charge in [-0.3, -0.25) is 4.90 Å². The molecule has 2 heterocycles. The first-order valence-electron chi connectivity index (χ1n) is 15.7. The van der Waals surface area contributed by atoms with Crippen molar-refractivity contribution in [2.24, 2.45) is 0 Å². The van der Waals surface area contributed by atoms with Gasteiger partial charge >= 0.3 is 0 Å². The average molecular weight is 660 g/mol. The molecule has 0 spiro atoms. The van der Waals surface area contributed by atoms with Crippen LogP contribution in [-0.4, -0.2) is 4.98 Å². The fourth-order valence-electron chi connectivity index (χ4n) is 6.15. The SMILES string of the molecule is CC(C)(C)c1ccnc(N2c3ccccc3-c3ccccc3-c3ccc(Oc4cc(Br)c(C(C)(C)C)cc4C(C)(C)C)cc32)c1. The van der Waals surface area contributed by atoms with Gasteiger partial charge in [-0.2, -0.15) is 0 Å². The predicted octanol–water partition coefficient (Wildman–Crippen LogP) is 12.6. The van der Waals surface area contributed by atoms with E-state index in [0.717, 1.165) is 38.7 Å². The van der Waals surface area contributed by atoms with E-state index < -0.39 is 0 Å². The van der Waals surface area contributed by atoms with Crippen molar-refractivity contribution in [1.82, 2.24) is 4.98 Å². The predicted molar refractivity (Wildman–Crippen MR) is 194 cm³/mol. The first-order chi connectivity index (χ1) is 21.1. The molecular weight excluding hydrogens is 616 g/mol. The lowest BCUT2D eigenvalue weighted by atomic mass is 9.80. The Balaban J connectivity index is 1.58. The maximum absolute atomic E-state index is 6.85. The zero-order valence-corrected chi connectivity index (χ0v) is 29.5. The summed E-state index contributed by atoms with van der Waals surface area (Å²) in [5.74, 6) is 2.52. The van der Waals surface area contributed by atoms with Crippen LogP contribution in [0.1, 0.15) is 79.0 Å². The van der Waals surface area contributed by atoms with E-state index in [-0.39, 0.29) is 16.2 Å². The maximum Gasteiger partial charge on any atom is 0.137 e. The van der Waals surface area contributed by atoms with E-state index in [1.165, 1.54) is 33.4 Å². The minimum atomic E-state index is -0.108. The maximum atomic E-state index is 6.85. The van der Waals surface area contributed by atoms with Crippen molar-refractivity contribution < 1.29 is 4.74 Å². The van der Waals surface area contributed by atoms with Crippen LogP contribution in [0.25, 0.3) is 22.3 Å². The Hall–Kier alpha value is -3.89. The van der Waals surface area contributed by atoms with Gasteiger partial charge in [-0.1, -0.05) is 121 Å². The molecule has 1 aliphatic rings. The second kappa shape index (κ2) is 11.2. The van der Waals surface area contributed by atoms with E-state index in [4.69, 9.17) is 9.72 Å². The van der Waals surface area contributed by atoms with Crippen molar-refractivity contribution in [3.63, 3.8) is 0 Å². The summed E-state index contributed by atoms with van der Waals surface area (Å²) in [7, 11) is 0. The molecule has 0 bridgehead atoms. The minimum absolute atomic E-state index is 0.00267. The number of pyridine rings is 1. The highest BCUT2D eigenvalue weighted by molar-refractivity contribution is 9.10. The minimum Gasteiger partial charge on any atom is -0.457 e. The van der Waals surface area contributed by atoms with Gasteiger partial charge in [0.25, 0.3) is 0 Å². The average Bonchev–Trinajstić information content (AvgIpc) is 3.08. The molecule has 0 N–H and O–H groups in total. The zero-order valence-electron chi connectivity index (χ0n) is 27.9. The Bertz CT molecular complexity index is 1900. The Kier molecular flexibility index (Phi) is 7.72. The molecule has 0 saturated heterocycles. The van der Waals surface area contributed by atoms with E-state index in [1.807, 2.05) is 6.20 Å². The Morgan fingerprint density at radius 3 is 1.80 bits per heavy atom. The summed E-state index contributed by atoms with van der Waals surface area (Å²) in [6.07, 6.45) is 1.93. The van der Waals surface area contributed by atoms with Crippen LogP contribution in [0.4, 0.5) is 17.2 Å². The van der Waals surface area contributed by atoms with Crippen LogP contribution in [0, 0.1) is 0 Å². The second-order valence-corrected chi connectivity index (χ2v) is 16.0. The highest BCUT2D eigenvalue weighted by Crippen LogP contribution is 2.52. The lowest BCUT2D eigenvalue weighted by molar-refractivity contribution is 0.452. The van der Waals surface area contributed by atoms with Gasteiger partial charge in [-0.25, -0.2) is 4.98 Å². The molecule has 0 fully saturated rings. The number of ether oxygens (including phenoxy) is 1. The number of hydrogen-bond donors (Lipinski definition) is 0. The molecule has 1 aromatic heterocycles. The van der Waals surface area contributed by atoms with Crippen LogP contribution in [0.5, 0.6) is 11.5 Å². The first kappa shape index (κ1) is 31.1. The number of nitrogens with zero attached hydrogens (tertiary/aromatic N) is 2. The summed E-state index contributed by atoms with van der Waals surface area (Å²) in [6, 6.07) is 32.6. The Morgan fingerprint density at radius 1 is 0.578 bits per heavy atom. The number of hydrogen-bond acceptors (Lipinski definition) is 3. The van der Waals surface area contributed by atoms with Crippen molar-refractivity contribution >= 4 is 33.1 Å². The van der Waals surface area contributed by atoms with E-state index >= 15 is 0 Å². The monoisotopic (exact) mass is 658 g/mol. The molecule has 4 aromatic carbocycles. The molecule has 230 valence electrons. The molecule has 0 amide bonds. The van der Waals surface area contributed by atoms with Crippen LogP contribution in [-0.2, 0) is 16.2 Å². The van der Waals surface area contributed by atoms with Crippen LogP contribution >= 0.6 is 15.9 Å². The molecular formula is C41H43BrN2O. The summed E-state index contributed by atoms with van der Waals surface area (Å²) in [5.41, 5.74) is 10.4. The fraction of sp³-hybridized carbons (Fsp3) is 0.293. The van der Waals surface area contributed by atoms with Gasteiger partial charge in [0.05, 0.1) is 11.4 Å². The smallest absolute Gasteiger partial charge is 0.137 e. The molecule has 0 unspecified atom stereocenters. The zero-order chi connectivity index (χ0) is 32.3. The molecule has 0 radical (unpaired) electrons. The van der Waals surface area contributed by atoms with Gasteiger partial charge in [0.2, 0.25) is 0 Å². The highest BCUT2D eigenvalue weighted by Gasteiger charge is 2.29. The standard InChI is InChI=1S/C41H43BrN2O/c1-39(2,3)26-20-21-43-38(22-26)44-35-17-13-12-16-30(35)28-14-10-11-15-29(28)31-19-18-27(23-36(31)44)45-37-25-34(42)32(40(4,5)6)24-33(37)41(7,8)9/h10-25H,1-9H3. The van der Waals surface area contributed by atoms with E-state index in [9.17, 15) is 0 Å². The molecule has 3 nitrogen and oxygen atoms in total. The number of halogens is 1. The fourth-order valence-corrected chi connectivity index (χ4v) is 7.07. The normalized spacial score (nSPS) is 13.1. The van der Waals surface area contributed by atoms with Crippen molar-refractivity contribution in [3.05, 3.63) is 118 Å². The Labute approximate surface area is 277 Å². The number of fused-ring (bicyclic) bond motifs is 5. The largest absolute Gasteiger partial charge is 0.457 e. The molecule has 0 aliphatic carbocycles. The van der Waals surface area contributed by atoms with Gasteiger partial charge in [0.15, 0.2) is 0 Å². The molecule has 45 heavy (non-hydrogen) atoms. The van der Waals surface area contributed by atoms with Crippen molar-refractivity contribution in [1.29, 1.82) is 0 Å². The van der Waals surface area contributed by atoms with Crippen molar-refractivity contribution in [2.45, 2.75) is 78.6 Å². The van der Waals surface area contributed by atoms with Crippen LogP contribution in [0.3, 0.4) is 0 Å². The first-order valence-corrected chi connectivity index (χ1v) is 16.5. The van der Waals surface area contributed by atoms with Gasteiger partial charge in [-0.15, -0.1) is 0 Å². The molecule has 4 heteroatoms. The summed E-state index contributed by atoms with van der Waals surface area (Å²) in [6.45, 7) is 20.2. The third-order valence-electron chi connectivity index (χ3n) is 8.62. The number of rotatable bonds is 3. The van der Waals surface area contributed by atoms with Crippen LogP contribution in [0.15, 0.2) is 102 Å². The third kappa shape index (κ3) is 5.93. The second-order valence-electron chi connectivity index (χ2n) is 15.2. The number of anilines is 3. The topological polar surface area (TPSA) is 25.4 Å². The lowest BCUT2D eigenvalue weighted by Gasteiger charge is -2.29. The van der Waals surface area contributed by atoms with Gasteiger partial charge in [0.1, 0.15) is 17.3 Å². The molecule has 1 aliphatic heterocycles.